The summed E-state index contributed by atoms with van der Waals surface area (Å²) in [5, 5.41) is 0.907. The van der Waals surface area contributed by atoms with Crippen LogP contribution in [0.1, 0.15) is 40.0 Å². The summed E-state index contributed by atoms with van der Waals surface area (Å²) in [6.07, 6.45) is 3.32. The van der Waals surface area contributed by atoms with Crippen molar-refractivity contribution in [3.05, 3.63) is 0 Å². The van der Waals surface area contributed by atoms with Gasteiger partial charge in [-0.2, -0.15) is 0 Å². The minimum atomic E-state index is -0.413. The Labute approximate surface area is 123 Å². The molecule has 0 radical (unpaired) electrons. The Morgan fingerprint density at radius 2 is 2.05 bits per heavy atom. The van der Waals surface area contributed by atoms with E-state index in [1.165, 1.54) is 0 Å². The number of piperidine rings is 1. The van der Waals surface area contributed by atoms with Crippen LogP contribution in [0.2, 0.25) is 0 Å². The Bertz CT molecular complexity index is 332. The molecule has 110 valence electrons. The summed E-state index contributed by atoms with van der Waals surface area (Å²) >= 11 is 3.48. The van der Waals surface area contributed by atoms with Gasteiger partial charge in [-0.1, -0.05) is 15.9 Å². The molecule has 4 nitrogen and oxygen atoms in total. The lowest BCUT2D eigenvalue weighted by atomic mass is 9.77. The molecule has 2 aliphatic heterocycles. The molecule has 2 heterocycles. The molecule has 1 atom stereocenters. The zero-order valence-electron chi connectivity index (χ0n) is 12.1. The molecular weight excluding hydrogens is 310 g/mol. The topological polar surface area (TPSA) is 38.8 Å². The minimum Gasteiger partial charge on any atom is -0.444 e. The second-order valence-corrected chi connectivity index (χ2v) is 7.41. The van der Waals surface area contributed by atoms with Crippen LogP contribution in [0.3, 0.4) is 0 Å². The zero-order valence-corrected chi connectivity index (χ0v) is 13.7. The van der Waals surface area contributed by atoms with Gasteiger partial charge in [0.25, 0.3) is 0 Å². The molecule has 0 bridgehead atoms. The van der Waals surface area contributed by atoms with Crippen molar-refractivity contribution in [1.29, 1.82) is 0 Å². The lowest BCUT2D eigenvalue weighted by molar-refractivity contribution is 0.00804. The quantitative estimate of drug-likeness (QED) is 0.692. The predicted molar refractivity (Wildman–Crippen MR) is 77.6 cm³/mol. The monoisotopic (exact) mass is 333 g/mol. The fraction of sp³-hybridized carbons (Fsp3) is 0.929. The van der Waals surface area contributed by atoms with Crippen molar-refractivity contribution in [1.82, 2.24) is 4.90 Å². The molecule has 1 amide bonds. The number of alkyl halides is 1. The molecule has 0 aliphatic carbocycles. The first-order valence-electron chi connectivity index (χ1n) is 6.99. The number of hydrogen-bond donors (Lipinski definition) is 0. The largest absolute Gasteiger partial charge is 0.444 e. The van der Waals surface area contributed by atoms with E-state index in [4.69, 9.17) is 9.47 Å². The van der Waals surface area contributed by atoms with Gasteiger partial charge in [-0.15, -0.1) is 0 Å². The van der Waals surface area contributed by atoms with E-state index < -0.39 is 5.60 Å². The highest BCUT2D eigenvalue weighted by Gasteiger charge is 2.43. The molecule has 19 heavy (non-hydrogen) atoms. The van der Waals surface area contributed by atoms with Crippen LogP contribution >= 0.6 is 15.9 Å². The highest BCUT2D eigenvalue weighted by molar-refractivity contribution is 9.09. The number of nitrogens with zero attached hydrogens (tertiary/aromatic N) is 1. The van der Waals surface area contributed by atoms with Crippen LogP contribution in [0.25, 0.3) is 0 Å². The molecule has 0 aromatic rings. The first-order valence-corrected chi connectivity index (χ1v) is 8.11. The van der Waals surface area contributed by atoms with E-state index in [1.807, 2.05) is 25.7 Å². The molecule has 0 unspecified atom stereocenters. The molecule has 0 saturated carbocycles. The van der Waals surface area contributed by atoms with Crippen LogP contribution in [0.4, 0.5) is 4.79 Å². The number of ether oxygens (including phenoxy) is 2. The molecular formula is C14H24BrNO3. The number of carbonyl (C=O) groups excluding carboxylic acids is 1. The number of hydrogen-bond acceptors (Lipinski definition) is 3. The van der Waals surface area contributed by atoms with Gasteiger partial charge >= 0.3 is 6.09 Å². The second kappa shape index (κ2) is 5.60. The average molecular weight is 334 g/mol. The maximum atomic E-state index is 12.0. The Morgan fingerprint density at radius 3 is 2.53 bits per heavy atom. The summed E-state index contributed by atoms with van der Waals surface area (Å²) in [7, 11) is 0. The van der Waals surface area contributed by atoms with Crippen molar-refractivity contribution in [2.45, 2.75) is 51.7 Å². The van der Waals surface area contributed by atoms with E-state index in [0.717, 1.165) is 44.3 Å². The van der Waals surface area contributed by atoms with Crippen molar-refractivity contribution in [2.75, 3.05) is 25.0 Å². The third kappa shape index (κ3) is 3.85. The molecule has 1 spiro atoms. The number of rotatable bonds is 1. The summed E-state index contributed by atoms with van der Waals surface area (Å²) in [4.78, 5) is 13.8. The summed E-state index contributed by atoms with van der Waals surface area (Å²) in [6.45, 7) is 8.12. The number of amides is 1. The average Bonchev–Trinajstić information content (AvgIpc) is 2.71. The second-order valence-electron chi connectivity index (χ2n) is 6.76. The fourth-order valence-electron chi connectivity index (χ4n) is 2.83. The van der Waals surface area contributed by atoms with E-state index in [0.29, 0.717) is 6.10 Å². The summed E-state index contributed by atoms with van der Waals surface area (Å²) in [5.74, 6) is 0. The van der Waals surface area contributed by atoms with Crippen LogP contribution in [0, 0.1) is 5.41 Å². The third-order valence-corrected chi connectivity index (χ3v) is 4.66. The van der Waals surface area contributed by atoms with Gasteiger partial charge in [0.2, 0.25) is 0 Å². The van der Waals surface area contributed by atoms with Gasteiger partial charge in [0.05, 0.1) is 12.7 Å². The minimum absolute atomic E-state index is 0.182. The van der Waals surface area contributed by atoms with Crippen molar-refractivity contribution in [3.8, 4) is 0 Å². The third-order valence-electron chi connectivity index (χ3n) is 3.93. The Kier molecular flexibility index (Phi) is 4.45. The molecule has 0 N–H and O–H groups in total. The Hall–Kier alpha value is -0.290. The first kappa shape index (κ1) is 15.1. The molecule has 5 heteroatoms. The Balaban J connectivity index is 1.84. The maximum Gasteiger partial charge on any atom is 0.410 e. The van der Waals surface area contributed by atoms with Crippen LogP contribution in [-0.2, 0) is 9.47 Å². The van der Waals surface area contributed by atoms with E-state index in [2.05, 4.69) is 15.9 Å². The van der Waals surface area contributed by atoms with Gasteiger partial charge < -0.3 is 14.4 Å². The van der Waals surface area contributed by atoms with Gasteiger partial charge in [0.15, 0.2) is 0 Å². The van der Waals surface area contributed by atoms with E-state index in [9.17, 15) is 4.79 Å². The summed E-state index contributed by atoms with van der Waals surface area (Å²) in [6, 6.07) is 0. The van der Waals surface area contributed by atoms with Crippen LogP contribution in [-0.4, -0.2) is 47.7 Å². The van der Waals surface area contributed by atoms with Crippen molar-refractivity contribution in [2.24, 2.45) is 5.41 Å². The predicted octanol–water partition coefficient (Wildman–Crippen LogP) is 3.19. The normalized spacial score (nSPS) is 26.7. The van der Waals surface area contributed by atoms with E-state index in [1.54, 1.807) is 0 Å². The SMILES string of the molecule is CC(C)(C)OC(=O)N1CCC2(CC1)CO[C@H](CBr)C2. The van der Waals surface area contributed by atoms with Crippen molar-refractivity contribution >= 4 is 22.0 Å². The lowest BCUT2D eigenvalue weighted by Gasteiger charge is -2.38. The summed E-state index contributed by atoms with van der Waals surface area (Å²) < 4.78 is 11.2. The van der Waals surface area contributed by atoms with E-state index in [-0.39, 0.29) is 11.5 Å². The van der Waals surface area contributed by atoms with E-state index >= 15 is 0 Å². The highest BCUT2D eigenvalue weighted by Crippen LogP contribution is 2.42. The Morgan fingerprint density at radius 1 is 1.42 bits per heavy atom. The zero-order chi connectivity index (χ0) is 14.1. The van der Waals surface area contributed by atoms with Gasteiger partial charge in [0, 0.05) is 18.4 Å². The van der Waals surface area contributed by atoms with Gasteiger partial charge in [0.1, 0.15) is 5.60 Å². The number of halogens is 1. The van der Waals surface area contributed by atoms with Crippen LogP contribution in [0.15, 0.2) is 0 Å². The first-order chi connectivity index (χ1) is 8.84. The summed E-state index contributed by atoms with van der Waals surface area (Å²) in [5.41, 5.74) is -0.124. The molecule has 2 aliphatic rings. The fourth-order valence-corrected chi connectivity index (χ4v) is 3.25. The van der Waals surface area contributed by atoms with Crippen LogP contribution in [0.5, 0.6) is 0 Å². The van der Waals surface area contributed by atoms with Crippen molar-refractivity contribution < 1.29 is 14.3 Å². The molecule has 2 fully saturated rings. The van der Waals surface area contributed by atoms with Gasteiger partial charge in [-0.05, 0) is 45.4 Å². The standard InChI is InChI=1S/C14H24BrNO3/c1-13(2,3)19-12(17)16-6-4-14(5-7-16)8-11(9-15)18-10-14/h11H,4-10H2,1-3H3/t11-/m0/s1. The molecule has 2 saturated heterocycles. The number of likely N-dealkylation sites (tertiary alicyclic amines) is 1. The van der Waals surface area contributed by atoms with Gasteiger partial charge in [-0.25, -0.2) is 4.79 Å². The molecule has 0 aromatic carbocycles. The number of carbonyl (C=O) groups is 1. The smallest absolute Gasteiger partial charge is 0.410 e. The van der Waals surface area contributed by atoms with Gasteiger partial charge in [-0.3, -0.25) is 0 Å². The van der Waals surface area contributed by atoms with Crippen molar-refractivity contribution in [3.63, 3.8) is 0 Å². The molecule has 2 rings (SSSR count). The van der Waals surface area contributed by atoms with Crippen LogP contribution < -0.4 is 0 Å². The maximum absolute atomic E-state index is 12.0. The lowest BCUT2D eigenvalue weighted by Crippen LogP contribution is -2.45. The molecule has 0 aromatic heterocycles. The highest BCUT2D eigenvalue weighted by atomic mass is 79.9.